The number of ether oxygens (including phenoxy) is 3. The first-order chi connectivity index (χ1) is 21.8. The van der Waals surface area contributed by atoms with Crippen molar-refractivity contribution in [2.75, 3.05) is 6.61 Å². The number of aliphatic hydroxyl groups excluding tert-OH is 5. The molecule has 1 heterocycles. The molecule has 1 saturated heterocycles. The van der Waals surface area contributed by atoms with Crippen molar-refractivity contribution in [1.29, 1.82) is 0 Å². The topological polar surface area (TPSA) is 146 Å². The van der Waals surface area contributed by atoms with Crippen LogP contribution in [0.25, 0.3) is 0 Å². The molecule has 9 heteroatoms. The minimum atomic E-state index is -1.55. The maximum Gasteiger partial charge on any atom is 0.302 e. The zero-order valence-electron chi connectivity index (χ0n) is 30.1. The molecule has 4 saturated carbocycles. The van der Waals surface area contributed by atoms with Gasteiger partial charge in [-0.3, -0.25) is 4.79 Å². The van der Waals surface area contributed by atoms with E-state index in [1.54, 1.807) is 0 Å². The second-order valence-corrected chi connectivity index (χ2v) is 17.4. The van der Waals surface area contributed by atoms with Gasteiger partial charge in [0.25, 0.3) is 0 Å². The van der Waals surface area contributed by atoms with E-state index in [9.17, 15) is 30.3 Å². The number of fused-ring (bicyclic) bond motifs is 5. The molecular formula is C38H62O9. The van der Waals surface area contributed by atoms with Crippen LogP contribution in [0, 0.1) is 45.3 Å². The van der Waals surface area contributed by atoms with E-state index in [1.165, 1.54) is 18.1 Å². The lowest BCUT2D eigenvalue weighted by atomic mass is 9.34. The first kappa shape index (κ1) is 36.9. The molecule has 0 radical (unpaired) electrons. The summed E-state index contributed by atoms with van der Waals surface area (Å²) in [6, 6.07) is 0. The Balaban J connectivity index is 1.53. The highest BCUT2D eigenvalue weighted by atomic mass is 16.7. The van der Waals surface area contributed by atoms with E-state index in [2.05, 4.69) is 67.5 Å². The Hall–Kier alpha value is -1.33. The van der Waals surface area contributed by atoms with Crippen molar-refractivity contribution in [3.05, 3.63) is 23.3 Å². The molecule has 0 bridgehead atoms. The Morgan fingerprint density at radius 2 is 1.55 bits per heavy atom. The Labute approximate surface area is 281 Å². The lowest BCUT2D eigenvalue weighted by Crippen LogP contribution is -2.70. The maximum absolute atomic E-state index is 12.1. The first-order valence-corrected chi connectivity index (χ1v) is 17.9. The molecule has 4 aliphatic carbocycles. The molecular weight excluding hydrogens is 600 g/mol. The van der Waals surface area contributed by atoms with Crippen LogP contribution in [-0.4, -0.2) is 87.1 Å². The molecule has 9 nitrogen and oxygen atoms in total. The van der Waals surface area contributed by atoms with Crippen molar-refractivity contribution in [3.8, 4) is 0 Å². The number of allylic oxidation sites excluding steroid dienone is 4. The van der Waals surface area contributed by atoms with Gasteiger partial charge in [0.05, 0.1) is 18.3 Å². The average molecular weight is 663 g/mol. The molecule has 0 spiro atoms. The quantitative estimate of drug-likeness (QED) is 0.149. The lowest BCUT2D eigenvalue weighted by Gasteiger charge is -2.72. The largest absolute Gasteiger partial charge is 0.463 e. The van der Waals surface area contributed by atoms with Crippen LogP contribution < -0.4 is 0 Å². The number of carbonyl (C=O) groups excluding carboxylic acids is 1. The van der Waals surface area contributed by atoms with E-state index in [4.69, 9.17) is 14.2 Å². The second-order valence-electron chi connectivity index (χ2n) is 17.4. The minimum Gasteiger partial charge on any atom is -0.463 e. The first-order valence-electron chi connectivity index (χ1n) is 17.9. The molecule has 1 aliphatic heterocycles. The van der Waals surface area contributed by atoms with Gasteiger partial charge < -0.3 is 39.7 Å². The maximum atomic E-state index is 12.1. The van der Waals surface area contributed by atoms with Gasteiger partial charge in [0, 0.05) is 6.92 Å². The van der Waals surface area contributed by atoms with E-state index in [1.807, 2.05) is 0 Å². The third kappa shape index (κ3) is 6.08. The predicted octanol–water partition coefficient (Wildman–Crippen LogP) is 4.67. The van der Waals surface area contributed by atoms with Gasteiger partial charge in [-0.25, -0.2) is 0 Å². The summed E-state index contributed by atoms with van der Waals surface area (Å²) in [6.07, 6.45) is 1.89. The molecule has 5 aliphatic rings. The minimum absolute atomic E-state index is 0.0938. The Bertz CT molecular complexity index is 1230. The average Bonchev–Trinajstić information content (AvgIpc) is 3.35. The molecule has 15 atom stereocenters. The van der Waals surface area contributed by atoms with E-state index in [-0.39, 0.29) is 46.5 Å². The molecule has 268 valence electrons. The van der Waals surface area contributed by atoms with Gasteiger partial charge in [0.15, 0.2) is 6.29 Å². The van der Waals surface area contributed by atoms with E-state index in [0.29, 0.717) is 19.3 Å². The summed E-state index contributed by atoms with van der Waals surface area (Å²) < 4.78 is 18.0. The molecule has 0 aromatic rings. The van der Waals surface area contributed by atoms with Crippen LogP contribution in [0.1, 0.15) is 107 Å². The molecule has 0 aromatic carbocycles. The van der Waals surface area contributed by atoms with E-state index >= 15 is 0 Å². The highest BCUT2D eigenvalue weighted by Crippen LogP contribution is 2.76. The van der Waals surface area contributed by atoms with Gasteiger partial charge in [-0.2, -0.15) is 0 Å². The fourth-order valence-electron chi connectivity index (χ4n) is 11.7. The molecule has 0 unspecified atom stereocenters. The summed E-state index contributed by atoms with van der Waals surface area (Å²) in [4.78, 5) is 11.5. The van der Waals surface area contributed by atoms with Crippen molar-refractivity contribution < 1.29 is 44.5 Å². The van der Waals surface area contributed by atoms with Crippen LogP contribution in [0.2, 0.25) is 0 Å². The lowest BCUT2D eigenvalue weighted by molar-refractivity contribution is -0.346. The van der Waals surface area contributed by atoms with Crippen molar-refractivity contribution in [2.24, 2.45) is 45.3 Å². The van der Waals surface area contributed by atoms with E-state index in [0.717, 1.165) is 25.7 Å². The van der Waals surface area contributed by atoms with Gasteiger partial charge in [0.1, 0.15) is 31.0 Å². The number of esters is 1. The summed E-state index contributed by atoms with van der Waals surface area (Å²) in [5.41, 5.74) is 1.37. The van der Waals surface area contributed by atoms with Gasteiger partial charge in [0.2, 0.25) is 0 Å². The summed E-state index contributed by atoms with van der Waals surface area (Å²) in [6.45, 7) is 18.7. The Morgan fingerprint density at radius 3 is 2.19 bits per heavy atom. The number of rotatable bonds is 7. The van der Waals surface area contributed by atoms with Crippen LogP contribution >= 0.6 is 0 Å². The van der Waals surface area contributed by atoms with Crippen molar-refractivity contribution in [3.63, 3.8) is 0 Å². The van der Waals surface area contributed by atoms with Gasteiger partial charge in [-0.05, 0) is 111 Å². The standard InChI is InChI=1S/C38H62O9/c1-20(2)11-10-12-21(3)23-13-16-37(8)29(23)24(40)17-27-36(7)15-14-28(41)35(5,6)33(36)25(18-38(27,37)9)46-34-32(44)31(43)30(42)26(47-34)19-45-22(4)39/h11-12,23-34,40-44H,10,13-19H2,1-9H3/b21-12-/t23-,24-,25+,26-,27-,28+,29+,30-,31+,32-,33+,34+,36-,37-,38-/m1/s1. The van der Waals surface area contributed by atoms with E-state index < -0.39 is 60.4 Å². The smallest absolute Gasteiger partial charge is 0.302 e. The van der Waals surface area contributed by atoms with Crippen molar-refractivity contribution >= 4 is 5.97 Å². The molecule has 5 rings (SSSR count). The third-order valence-corrected chi connectivity index (χ3v) is 14.2. The van der Waals surface area contributed by atoms with Crippen molar-refractivity contribution in [1.82, 2.24) is 0 Å². The molecule has 5 N–H and O–H groups in total. The summed E-state index contributed by atoms with van der Waals surface area (Å²) >= 11 is 0. The normalized spacial score (nSPS) is 49.4. The van der Waals surface area contributed by atoms with Gasteiger partial charge in [-0.1, -0.05) is 57.9 Å². The molecule has 0 aromatic heterocycles. The van der Waals surface area contributed by atoms with Crippen LogP contribution in [0.5, 0.6) is 0 Å². The van der Waals surface area contributed by atoms with Crippen LogP contribution in [0.15, 0.2) is 23.3 Å². The fraction of sp³-hybridized carbons (Fsp3) is 0.868. The zero-order chi connectivity index (χ0) is 34.9. The fourth-order valence-corrected chi connectivity index (χ4v) is 11.7. The molecule has 47 heavy (non-hydrogen) atoms. The number of hydrogen-bond donors (Lipinski definition) is 5. The number of aliphatic hydroxyl groups is 5. The van der Waals surface area contributed by atoms with Crippen LogP contribution in [0.3, 0.4) is 0 Å². The predicted molar refractivity (Wildman–Crippen MR) is 178 cm³/mol. The van der Waals surface area contributed by atoms with Gasteiger partial charge in [-0.15, -0.1) is 0 Å². The monoisotopic (exact) mass is 662 g/mol. The summed E-state index contributed by atoms with van der Waals surface area (Å²) in [5, 5.41) is 56.1. The summed E-state index contributed by atoms with van der Waals surface area (Å²) in [5.74, 6) is -0.124. The highest BCUT2D eigenvalue weighted by molar-refractivity contribution is 5.65. The second kappa shape index (κ2) is 13.1. The molecule has 0 amide bonds. The van der Waals surface area contributed by atoms with Crippen LogP contribution in [0.4, 0.5) is 0 Å². The SMILES string of the molecule is CC(=O)OC[C@H]1O[C@H](O[C@H]2C[C@]3(C)[C@H](C[C@@H](O)[C@@H]4[C@@H](/C(C)=C\CC=C(C)C)CC[C@]43C)[C@@]3(C)CC[C@H](O)C(C)(C)[C@H]23)[C@H](O)[C@@H](O)[C@@H]1O. The van der Waals surface area contributed by atoms with Gasteiger partial charge >= 0.3 is 5.97 Å². The summed E-state index contributed by atoms with van der Waals surface area (Å²) in [7, 11) is 0. The van der Waals surface area contributed by atoms with Crippen molar-refractivity contribution in [2.45, 2.75) is 156 Å². The highest BCUT2D eigenvalue weighted by Gasteiger charge is 2.72. The third-order valence-electron chi connectivity index (χ3n) is 14.2. The van der Waals surface area contributed by atoms with Crippen LogP contribution in [-0.2, 0) is 19.0 Å². The zero-order valence-corrected chi connectivity index (χ0v) is 30.1. The number of carbonyl (C=O) groups is 1. The number of hydrogen-bond acceptors (Lipinski definition) is 9. The Kier molecular flexibility index (Phi) is 10.3. The Morgan fingerprint density at radius 1 is 0.872 bits per heavy atom. The molecule has 5 fully saturated rings.